The van der Waals surface area contributed by atoms with E-state index in [2.05, 4.69) is 15.4 Å². The van der Waals surface area contributed by atoms with E-state index < -0.39 is 23.0 Å². The number of fused-ring (bicyclic) bond motifs is 1. The van der Waals surface area contributed by atoms with E-state index in [9.17, 15) is 27.6 Å². The van der Waals surface area contributed by atoms with Gasteiger partial charge in [-0.25, -0.2) is 9.48 Å². The normalized spacial score (nSPS) is 11.6. The number of H-pyrrole nitrogens is 1. The van der Waals surface area contributed by atoms with Gasteiger partial charge < -0.3 is 10.1 Å². The van der Waals surface area contributed by atoms with Crippen molar-refractivity contribution in [3.8, 4) is 17.3 Å². The predicted molar refractivity (Wildman–Crippen MR) is 121 cm³/mol. The number of aromatic nitrogens is 4. The number of nitrogens with one attached hydrogen (secondary N) is 2. The van der Waals surface area contributed by atoms with Crippen molar-refractivity contribution in [3.05, 3.63) is 80.6 Å². The molecule has 0 spiro atoms. The van der Waals surface area contributed by atoms with Gasteiger partial charge in [0.2, 0.25) is 11.8 Å². The summed E-state index contributed by atoms with van der Waals surface area (Å²) in [5, 5.41) is 7.80. The second-order valence-corrected chi connectivity index (χ2v) is 7.65. The van der Waals surface area contributed by atoms with E-state index in [1.54, 1.807) is 25.1 Å². The number of carbonyl (C=O) groups excluding carboxylic acids is 1. The van der Waals surface area contributed by atoms with Gasteiger partial charge in [0.25, 0.3) is 5.56 Å². The summed E-state index contributed by atoms with van der Waals surface area (Å²) in [6.45, 7) is 1.77. The molecular formula is C23H20F3N5O4. The predicted octanol–water partition coefficient (Wildman–Crippen LogP) is 3.25. The molecule has 2 aromatic heterocycles. The summed E-state index contributed by atoms with van der Waals surface area (Å²) in [5.74, 6) is 0.0929. The van der Waals surface area contributed by atoms with Gasteiger partial charge in [-0.05, 0) is 42.5 Å². The molecule has 4 aromatic rings. The van der Waals surface area contributed by atoms with Crippen molar-refractivity contribution in [1.82, 2.24) is 24.6 Å². The molecule has 0 radical (unpaired) electrons. The summed E-state index contributed by atoms with van der Waals surface area (Å²) >= 11 is 0. The Kier molecular flexibility index (Phi) is 6.20. The maximum atomic E-state index is 13.0. The summed E-state index contributed by atoms with van der Waals surface area (Å²) in [6, 6.07) is 10.5. The second kappa shape index (κ2) is 9.12. The van der Waals surface area contributed by atoms with Crippen LogP contribution in [0.3, 0.4) is 0 Å². The number of hydrogen-bond acceptors (Lipinski definition) is 5. The van der Waals surface area contributed by atoms with E-state index in [-0.39, 0.29) is 30.5 Å². The van der Waals surface area contributed by atoms with Gasteiger partial charge in [0.05, 0.1) is 35.1 Å². The molecule has 4 rings (SSSR count). The average Bonchev–Trinajstić information content (AvgIpc) is 3.18. The third-order valence-electron chi connectivity index (χ3n) is 5.28. The van der Waals surface area contributed by atoms with Gasteiger partial charge in [-0.1, -0.05) is 6.92 Å². The Morgan fingerprint density at radius 1 is 1.11 bits per heavy atom. The van der Waals surface area contributed by atoms with Crippen molar-refractivity contribution in [2.45, 2.75) is 26.1 Å². The van der Waals surface area contributed by atoms with Gasteiger partial charge in [-0.2, -0.15) is 18.3 Å². The standard InChI is InChI=1S/C23H20F3N5O4/c1-3-19(32)27-12-17-16-10-15(35-21-11-20(33)28-22(34)30(21)2)8-9-18(16)31(29-17)14-6-4-13(5-7-14)23(24,25)26/h4-11H,3,12H2,1-2H3,(H,27,32)(H,28,33,34). The summed E-state index contributed by atoms with van der Waals surface area (Å²) in [7, 11) is 1.43. The zero-order valence-electron chi connectivity index (χ0n) is 18.6. The van der Waals surface area contributed by atoms with Crippen LogP contribution in [0.2, 0.25) is 0 Å². The molecule has 182 valence electrons. The van der Waals surface area contributed by atoms with Crippen LogP contribution in [0.25, 0.3) is 16.6 Å². The molecule has 2 N–H and O–H groups in total. The number of rotatable bonds is 6. The molecular weight excluding hydrogens is 467 g/mol. The summed E-state index contributed by atoms with van der Waals surface area (Å²) in [4.78, 5) is 37.4. The van der Waals surface area contributed by atoms with Crippen molar-refractivity contribution >= 4 is 16.8 Å². The highest BCUT2D eigenvalue weighted by molar-refractivity contribution is 5.85. The van der Waals surface area contributed by atoms with Crippen molar-refractivity contribution in [3.63, 3.8) is 0 Å². The molecule has 0 unspecified atom stereocenters. The van der Waals surface area contributed by atoms with Crippen LogP contribution in [-0.4, -0.2) is 25.2 Å². The van der Waals surface area contributed by atoms with Gasteiger partial charge in [0.15, 0.2) is 0 Å². The van der Waals surface area contributed by atoms with Crippen LogP contribution in [0.4, 0.5) is 13.2 Å². The zero-order valence-corrected chi connectivity index (χ0v) is 18.6. The Morgan fingerprint density at radius 3 is 2.49 bits per heavy atom. The van der Waals surface area contributed by atoms with Gasteiger partial charge in [-0.3, -0.25) is 19.1 Å². The van der Waals surface area contributed by atoms with Crippen molar-refractivity contribution < 1.29 is 22.7 Å². The first kappa shape index (κ1) is 23.8. The summed E-state index contributed by atoms with van der Waals surface area (Å²) in [6.07, 6.45) is -4.20. The van der Waals surface area contributed by atoms with Crippen LogP contribution in [0.15, 0.2) is 58.1 Å². The first-order valence-electron chi connectivity index (χ1n) is 10.5. The molecule has 0 saturated carbocycles. The fourth-order valence-electron chi connectivity index (χ4n) is 3.40. The second-order valence-electron chi connectivity index (χ2n) is 7.65. The fraction of sp³-hybridized carbons (Fsp3) is 0.217. The Labute approximate surface area is 195 Å². The molecule has 0 aliphatic heterocycles. The van der Waals surface area contributed by atoms with Crippen molar-refractivity contribution in [1.29, 1.82) is 0 Å². The lowest BCUT2D eigenvalue weighted by Gasteiger charge is -2.10. The van der Waals surface area contributed by atoms with Crippen LogP contribution < -0.4 is 21.3 Å². The third-order valence-corrected chi connectivity index (χ3v) is 5.28. The molecule has 0 fully saturated rings. The number of aromatic amines is 1. The molecule has 1 amide bonds. The largest absolute Gasteiger partial charge is 0.440 e. The van der Waals surface area contributed by atoms with E-state index in [0.29, 0.717) is 22.3 Å². The molecule has 9 nitrogen and oxygen atoms in total. The highest BCUT2D eigenvalue weighted by Gasteiger charge is 2.30. The van der Waals surface area contributed by atoms with Crippen LogP contribution in [-0.2, 0) is 24.6 Å². The van der Waals surface area contributed by atoms with E-state index >= 15 is 0 Å². The molecule has 2 aromatic carbocycles. The minimum absolute atomic E-state index is 0.00840. The van der Waals surface area contributed by atoms with Gasteiger partial charge >= 0.3 is 11.9 Å². The molecule has 0 atom stereocenters. The lowest BCUT2D eigenvalue weighted by atomic mass is 10.1. The number of hydrogen-bond donors (Lipinski definition) is 2. The van der Waals surface area contributed by atoms with E-state index in [1.807, 2.05) is 0 Å². The molecule has 0 aliphatic carbocycles. The maximum absolute atomic E-state index is 13.0. The van der Waals surface area contributed by atoms with E-state index in [4.69, 9.17) is 4.74 Å². The molecule has 0 bridgehead atoms. The average molecular weight is 487 g/mol. The highest BCUT2D eigenvalue weighted by Crippen LogP contribution is 2.32. The van der Waals surface area contributed by atoms with Crippen molar-refractivity contribution in [2.24, 2.45) is 7.05 Å². The topological polar surface area (TPSA) is 111 Å². The molecule has 35 heavy (non-hydrogen) atoms. The number of halogens is 3. The number of alkyl halides is 3. The molecule has 2 heterocycles. The zero-order chi connectivity index (χ0) is 25.3. The van der Waals surface area contributed by atoms with Crippen LogP contribution in [0.5, 0.6) is 11.6 Å². The van der Waals surface area contributed by atoms with Gasteiger partial charge in [0, 0.05) is 18.9 Å². The van der Waals surface area contributed by atoms with Crippen LogP contribution in [0, 0.1) is 0 Å². The molecule has 0 saturated heterocycles. The summed E-state index contributed by atoms with van der Waals surface area (Å²) < 4.78 is 47.2. The van der Waals surface area contributed by atoms with E-state index in [0.717, 1.165) is 22.8 Å². The Hall–Kier alpha value is -4.35. The van der Waals surface area contributed by atoms with E-state index in [1.165, 1.54) is 23.9 Å². The first-order chi connectivity index (χ1) is 16.6. The minimum atomic E-state index is -4.47. The number of ether oxygens (including phenoxy) is 1. The Balaban J connectivity index is 1.78. The lowest BCUT2D eigenvalue weighted by molar-refractivity contribution is -0.137. The van der Waals surface area contributed by atoms with Crippen LogP contribution in [0.1, 0.15) is 24.6 Å². The number of benzene rings is 2. The number of amides is 1. The smallest absolute Gasteiger partial charge is 0.416 e. The Morgan fingerprint density at radius 2 is 1.83 bits per heavy atom. The third kappa shape index (κ3) is 4.95. The van der Waals surface area contributed by atoms with Gasteiger partial charge in [0.1, 0.15) is 5.75 Å². The lowest BCUT2D eigenvalue weighted by Crippen LogP contribution is -2.28. The Bertz CT molecular complexity index is 1520. The number of carbonyl (C=O) groups is 1. The molecule has 12 heteroatoms. The highest BCUT2D eigenvalue weighted by atomic mass is 19.4. The monoisotopic (exact) mass is 487 g/mol. The minimum Gasteiger partial charge on any atom is -0.440 e. The first-order valence-corrected chi connectivity index (χ1v) is 10.5. The quantitative estimate of drug-likeness (QED) is 0.434. The SMILES string of the molecule is CCC(=O)NCc1nn(-c2ccc(C(F)(F)F)cc2)c2ccc(Oc3cc(=O)[nH]c(=O)n3C)cc12. The fourth-order valence-corrected chi connectivity index (χ4v) is 3.40. The maximum Gasteiger partial charge on any atom is 0.416 e. The van der Waals surface area contributed by atoms with Crippen molar-refractivity contribution in [2.75, 3.05) is 0 Å². The van der Waals surface area contributed by atoms with Crippen LogP contribution >= 0.6 is 0 Å². The number of nitrogens with zero attached hydrogens (tertiary/aromatic N) is 3. The molecule has 0 aliphatic rings. The summed E-state index contributed by atoms with van der Waals surface area (Å²) in [5.41, 5.74) is -0.660. The van der Waals surface area contributed by atoms with Gasteiger partial charge in [-0.15, -0.1) is 0 Å².